The highest BCUT2D eigenvalue weighted by atomic mass is 16.3. The third-order valence-electron chi connectivity index (χ3n) is 24.3. The largest absolute Gasteiger partial charge is 0.455 e. The van der Waals surface area contributed by atoms with Gasteiger partial charge in [0.15, 0.2) is 0 Å². The summed E-state index contributed by atoms with van der Waals surface area (Å²) in [6.45, 7) is 0. The van der Waals surface area contributed by atoms with Crippen LogP contribution in [0.15, 0.2) is 387 Å². The summed E-state index contributed by atoms with van der Waals surface area (Å²) in [4.78, 5) is 0. The average Bonchev–Trinajstić information content (AvgIpc) is 1.05. The van der Waals surface area contributed by atoms with Gasteiger partial charge in [0, 0.05) is 32.8 Å². The number of fused-ring (bicyclic) bond motifs is 38. The maximum atomic E-state index is 6.69. The lowest BCUT2D eigenvalue weighted by molar-refractivity contribution is 0.670. The highest BCUT2D eigenvalue weighted by Gasteiger charge is 2.21. The van der Waals surface area contributed by atoms with Crippen LogP contribution in [0.3, 0.4) is 0 Å². The van der Waals surface area contributed by atoms with Gasteiger partial charge in [-0.05, 0) is 262 Å². The van der Waals surface area contributed by atoms with E-state index in [1.54, 1.807) is 0 Å². The van der Waals surface area contributed by atoms with Gasteiger partial charge in [-0.2, -0.15) is 0 Å². The van der Waals surface area contributed by atoms with Crippen molar-refractivity contribution in [2.75, 3.05) is 0 Å². The summed E-state index contributed by atoms with van der Waals surface area (Å²) >= 11 is 0. The zero-order valence-corrected chi connectivity index (χ0v) is 59.7. The van der Waals surface area contributed by atoms with Crippen molar-refractivity contribution in [2.24, 2.45) is 0 Å². The minimum atomic E-state index is 0.898. The molecule has 506 valence electrons. The third kappa shape index (κ3) is 8.87. The second-order valence-electron chi connectivity index (χ2n) is 29.9. The normalized spacial score (nSPS) is 12.2. The van der Waals surface area contributed by atoms with Gasteiger partial charge >= 0.3 is 0 Å². The molecule has 110 heavy (non-hydrogen) atoms. The quantitative estimate of drug-likeness (QED) is 0.172. The Hall–Kier alpha value is -14.4. The van der Waals surface area contributed by atoms with E-state index in [4.69, 9.17) is 4.42 Å². The summed E-state index contributed by atoms with van der Waals surface area (Å²) in [7, 11) is 0. The first kappa shape index (κ1) is 60.8. The summed E-state index contributed by atoms with van der Waals surface area (Å²) in [5.41, 5.74) is 9.76. The predicted molar refractivity (Wildman–Crippen MR) is 474 cm³/mol. The number of rotatable bonds is 3. The zero-order valence-electron chi connectivity index (χ0n) is 59.7. The van der Waals surface area contributed by atoms with Gasteiger partial charge in [-0.3, -0.25) is 0 Å². The molecule has 0 radical (unpaired) electrons. The minimum absolute atomic E-state index is 0.898. The number of aromatic nitrogens is 1. The molecule has 0 bridgehead atoms. The van der Waals surface area contributed by atoms with E-state index in [1.807, 2.05) is 0 Å². The Balaban J connectivity index is 0.709. The molecule has 0 unspecified atom stereocenters. The van der Waals surface area contributed by atoms with Crippen molar-refractivity contribution in [3.05, 3.63) is 382 Å². The van der Waals surface area contributed by atoms with Gasteiger partial charge < -0.3 is 8.98 Å². The van der Waals surface area contributed by atoms with Gasteiger partial charge in [0.25, 0.3) is 0 Å². The highest BCUT2D eigenvalue weighted by Crippen LogP contribution is 2.48. The number of hydrogen-bond donors (Lipinski definition) is 0. The topological polar surface area (TPSA) is 18.1 Å². The van der Waals surface area contributed by atoms with Crippen LogP contribution in [0, 0.1) is 0 Å². The summed E-state index contributed by atoms with van der Waals surface area (Å²) in [6, 6.07) is 144. The fraction of sp³-hybridized carbons (Fsp3) is 0. The molecule has 0 aliphatic heterocycles. The fourth-order valence-corrected chi connectivity index (χ4v) is 19.4. The summed E-state index contributed by atoms with van der Waals surface area (Å²) < 4.78 is 9.18. The highest BCUT2D eigenvalue weighted by molar-refractivity contribution is 6.35. The number of para-hydroxylation sites is 3. The van der Waals surface area contributed by atoms with E-state index in [1.165, 1.54) is 183 Å². The molecule has 2 heteroatoms. The Labute approximate surface area is 631 Å². The van der Waals surface area contributed by atoms with Crippen molar-refractivity contribution in [1.29, 1.82) is 0 Å². The first-order valence-electron chi connectivity index (χ1n) is 38.2. The molecule has 2 nitrogen and oxygen atoms in total. The molecular formula is C108H63NO. The molecule has 0 spiro atoms. The van der Waals surface area contributed by atoms with E-state index >= 15 is 0 Å². The van der Waals surface area contributed by atoms with Crippen molar-refractivity contribution < 1.29 is 4.42 Å². The third-order valence-corrected chi connectivity index (χ3v) is 24.3. The van der Waals surface area contributed by atoms with E-state index in [9.17, 15) is 0 Å². The second kappa shape index (κ2) is 23.5. The Morgan fingerprint density at radius 1 is 0.145 bits per heavy atom. The Bertz CT molecular complexity index is 8420. The molecule has 22 aromatic carbocycles. The molecule has 24 aromatic rings. The number of nitrogens with zero attached hydrogens (tertiary/aromatic N) is 1. The van der Waals surface area contributed by atoms with Crippen LogP contribution >= 0.6 is 0 Å². The van der Waals surface area contributed by atoms with Gasteiger partial charge in [0.05, 0.1) is 11.0 Å². The summed E-state index contributed by atoms with van der Waals surface area (Å²) in [6.07, 6.45) is 0. The van der Waals surface area contributed by atoms with Gasteiger partial charge in [0.2, 0.25) is 0 Å². The molecular weight excluding hydrogens is 1330 g/mol. The van der Waals surface area contributed by atoms with Crippen LogP contribution in [0.2, 0.25) is 0 Å². The van der Waals surface area contributed by atoms with Gasteiger partial charge in [-0.15, -0.1) is 0 Å². The molecule has 0 amide bonds. The van der Waals surface area contributed by atoms with Crippen LogP contribution in [0.1, 0.15) is 0 Å². The summed E-state index contributed by atoms with van der Waals surface area (Å²) in [5, 5.41) is 43.5. The Morgan fingerprint density at radius 2 is 0.400 bits per heavy atom. The molecule has 0 fully saturated rings. The van der Waals surface area contributed by atoms with E-state index in [2.05, 4.69) is 387 Å². The zero-order chi connectivity index (χ0) is 71.8. The van der Waals surface area contributed by atoms with Crippen LogP contribution in [0.4, 0.5) is 0 Å². The van der Waals surface area contributed by atoms with E-state index in [0.717, 1.165) is 60.9 Å². The second-order valence-corrected chi connectivity index (χ2v) is 29.9. The molecule has 0 atom stereocenters. The maximum absolute atomic E-state index is 6.69. The lowest BCUT2D eigenvalue weighted by Crippen LogP contribution is -1.94. The smallest absolute Gasteiger partial charge is 0.143 e. The van der Waals surface area contributed by atoms with E-state index in [0.29, 0.717) is 0 Å². The number of furan rings is 1. The molecule has 24 rings (SSSR count). The first-order chi connectivity index (χ1) is 54.6. The predicted octanol–water partition coefficient (Wildman–Crippen LogP) is 30.7. The maximum Gasteiger partial charge on any atom is 0.143 e. The SMILES string of the molecule is c1ccc2c(c1)oc1c(-c3ccc4c5ccccc5c5cc6c7ccccc7c7ccc(-c8ccc9c(c8)c8ccccc8n9-c8ccc9c%10ccccc%10c%10cc%11c%12ccccc%12c%12ccccc%12c%12ccccc%12c%11cc%10c%10ccccc%10c9c8)cc7c7ccccc7c6cc5c5ccccc5c4c3)cccc12. The molecule has 0 N–H and O–H groups in total. The van der Waals surface area contributed by atoms with Crippen LogP contribution < -0.4 is 0 Å². The molecule has 2 heterocycles. The van der Waals surface area contributed by atoms with Gasteiger partial charge in [0.1, 0.15) is 11.2 Å². The monoisotopic (exact) mass is 1390 g/mol. The van der Waals surface area contributed by atoms with Crippen molar-refractivity contribution >= 4 is 216 Å². The van der Waals surface area contributed by atoms with E-state index < -0.39 is 0 Å². The Morgan fingerprint density at radius 3 is 0.791 bits per heavy atom. The molecule has 2 aromatic heterocycles. The van der Waals surface area contributed by atoms with Gasteiger partial charge in [-0.1, -0.05) is 309 Å². The standard InChI is InChI=1S/C108H63NO/c1-2-25-70-69(24-1)71-26-3-8-31-76(71)96-60-100-80-35-12-7-30-75(80)89-54-51-67(59-95(89)83-38-15-18-41-86(83)103(100)62-97(96)77-32-9-4-27-72(70)77)109-105-46-21-19-42-90(105)104-57-65(50-55-106(104)109)64-48-52-87-73-28-5-10-33-78(73)98-61-99-79-34-11-6-29-74(79)88-53-49-66(68-44-23-45-92-91-43-20-22-47-107(91)110-108(68)92)58-94(88)82-37-14-17-40-85(82)102(99)63-101(98)84-39-16-13-36-81(84)93(87)56-64/h1-63H. The average molecular weight is 1390 g/mol. The molecule has 0 aliphatic rings. The van der Waals surface area contributed by atoms with Crippen molar-refractivity contribution in [1.82, 2.24) is 4.57 Å². The van der Waals surface area contributed by atoms with Crippen LogP contribution in [-0.2, 0) is 0 Å². The fourth-order valence-electron chi connectivity index (χ4n) is 19.4. The summed E-state index contributed by atoms with van der Waals surface area (Å²) in [5.74, 6) is 0. The molecule has 0 saturated heterocycles. The van der Waals surface area contributed by atoms with Gasteiger partial charge in [-0.25, -0.2) is 0 Å². The first-order valence-corrected chi connectivity index (χ1v) is 38.2. The molecule has 0 saturated carbocycles. The van der Waals surface area contributed by atoms with Crippen molar-refractivity contribution in [3.8, 4) is 27.9 Å². The number of benzene rings is 18. The molecule has 0 aliphatic carbocycles. The van der Waals surface area contributed by atoms with E-state index in [-0.39, 0.29) is 0 Å². The number of hydrogen-bond acceptors (Lipinski definition) is 1. The van der Waals surface area contributed by atoms with Crippen LogP contribution in [0.5, 0.6) is 0 Å². The van der Waals surface area contributed by atoms with Crippen LogP contribution in [-0.4, -0.2) is 4.57 Å². The lowest BCUT2D eigenvalue weighted by atomic mass is 9.88. The Kier molecular flexibility index (Phi) is 13.0. The van der Waals surface area contributed by atoms with Crippen LogP contribution in [0.25, 0.3) is 244 Å². The lowest BCUT2D eigenvalue weighted by Gasteiger charge is -2.15. The minimum Gasteiger partial charge on any atom is -0.455 e. The van der Waals surface area contributed by atoms with Crippen molar-refractivity contribution in [2.45, 2.75) is 0 Å². The van der Waals surface area contributed by atoms with Crippen molar-refractivity contribution in [3.63, 3.8) is 0 Å².